The summed E-state index contributed by atoms with van der Waals surface area (Å²) in [7, 11) is 1.70. The number of hydrogen-bond donors (Lipinski definition) is 2. The second-order valence-corrected chi connectivity index (χ2v) is 5.84. The van der Waals surface area contributed by atoms with E-state index in [-0.39, 0.29) is 5.91 Å². The van der Waals surface area contributed by atoms with Crippen molar-refractivity contribution < 1.29 is 9.53 Å². The number of piperidine rings is 1. The van der Waals surface area contributed by atoms with E-state index in [9.17, 15) is 4.79 Å². The highest BCUT2D eigenvalue weighted by atomic mass is 16.5. The Kier molecular flexibility index (Phi) is 3.92. The first-order valence-electron chi connectivity index (χ1n) is 7.41. The molecule has 2 aliphatic rings. The summed E-state index contributed by atoms with van der Waals surface area (Å²) in [6, 6.07) is 9.46. The van der Waals surface area contributed by atoms with E-state index in [4.69, 9.17) is 4.74 Å². The zero-order chi connectivity index (χ0) is 13.9. The predicted octanol–water partition coefficient (Wildman–Crippen LogP) is 1.81. The molecule has 1 aliphatic heterocycles. The molecule has 20 heavy (non-hydrogen) atoms. The summed E-state index contributed by atoms with van der Waals surface area (Å²) in [5, 5.41) is 6.58. The molecule has 1 atom stereocenters. The Bertz CT molecular complexity index is 456. The maximum Gasteiger partial charge on any atom is 0.220 e. The molecule has 1 unspecified atom stereocenters. The van der Waals surface area contributed by atoms with Gasteiger partial charge in [0.05, 0.1) is 7.11 Å². The van der Waals surface area contributed by atoms with Gasteiger partial charge in [-0.05, 0) is 42.9 Å². The zero-order valence-electron chi connectivity index (χ0n) is 11.9. The number of rotatable bonds is 4. The molecule has 108 valence electrons. The van der Waals surface area contributed by atoms with Gasteiger partial charge in [-0.25, -0.2) is 0 Å². The van der Waals surface area contributed by atoms with E-state index in [0.29, 0.717) is 24.4 Å². The van der Waals surface area contributed by atoms with Gasteiger partial charge in [-0.3, -0.25) is 4.79 Å². The van der Waals surface area contributed by atoms with Crippen LogP contribution in [0.2, 0.25) is 0 Å². The lowest BCUT2D eigenvalue weighted by atomic mass is 9.75. The zero-order valence-corrected chi connectivity index (χ0v) is 11.9. The lowest BCUT2D eigenvalue weighted by Gasteiger charge is -2.39. The average Bonchev–Trinajstić information content (AvgIpc) is 2.45. The van der Waals surface area contributed by atoms with Crippen molar-refractivity contribution >= 4 is 5.91 Å². The van der Waals surface area contributed by atoms with Crippen LogP contribution in [-0.2, 0) is 4.79 Å². The highest BCUT2D eigenvalue weighted by Gasteiger charge is 2.32. The van der Waals surface area contributed by atoms with Gasteiger partial charge in [0.1, 0.15) is 5.75 Å². The first-order valence-corrected chi connectivity index (χ1v) is 7.41. The second kappa shape index (κ2) is 5.83. The van der Waals surface area contributed by atoms with Crippen molar-refractivity contribution in [1.29, 1.82) is 0 Å². The van der Waals surface area contributed by atoms with E-state index < -0.39 is 0 Å². The Hall–Kier alpha value is -1.55. The highest BCUT2D eigenvalue weighted by molar-refractivity contribution is 5.76. The first kappa shape index (κ1) is 13.4. The van der Waals surface area contributed by atoms with Gasteiger partial charge in [-0.1, -0.05) is 12.1 Å². The molecule has 0 spiro atoms. The number of ether oxygens (including phenoxy) is 1. The Morgan fingerprint density at radius 2 is 1.95 bits per heavy atom. The topological polar surface area (TPSA) is 50.4 Å². The first-order chi connectivity index (χ1) is 9.74. The van der Waals surface area contributed by atoms with Crippen molar-refractivity contribution in [3.8, 4) is 5.75 Å². The van der Waals surface area contributed by atoms with E-state index in [1.165, 1.54) is 18.4 Å². The molecule has 0 bridgehead atoms. The fraction of sp³-hybridized carbons (Fsp3) is 0.562. The number of hydrogen-bond acceptors (Lipinski definition) is 3. The van der Waals surface area contributed by atoms with Gasteiger partial charge >= 0.3 is 0 Å². The maximum absolute atomic E-state index is 11.1. The largest absolute Gasteiger partial charge is 0.497 e. The van der Waals surface area contributed by atoms with Crippen molar-refractivity contribution in [2.24, 2.45) is 0 Å². The predicted molar refractivity (Wildman–Crippen MR) is 77.9 cm³/mol. The standard InChI is InChI=1S/C16H22N2O2/c1-20-15-5-2-11(3-6-15)12-8-14(9-12)18-13-4-7-16(19)17-10-13/h2-3,5-6,12-14,18H,4,7-10H2,1H3,(H,17,19). The molecule has 1 amide bonds. The van der Waals surface area contributed by atoms with Crippen molar-refractivity contribution in [1.82, 2.24) is 10.6 Å². The van der Waals surface area contributed by atoms with Gasteiger partial charge in [-0.2, -0.15) is 0 Å². The smallest absolute Gasteiger partial charge is 0.220 e. The lowest BCUT2D eigenvalue weighted by molar-refractivity contribution is -0.122. The summed E-state index contributed by atoms with van der Waals surface area (Å²) in [4.78, 5) is 11.1. The molecule has 4 heteroatoms. The van der Waals surface area contributed by atoms with Crippen LogP contribution in [0.25, 0.3) is 0 Å². The van der Waals surface area contributed by atoms with E-state index in [1.807, 2.05) is 12.1 Å². The summed E-state index contributed by atoms with van der Waals surface area (Å²) in [5.41, 5.74) is 1.40. The molecule has 2 fully saturated rings. The van der Waals surface area contributed by atoms with Crippen LogP contribution in [-0.4, -0.2) is 31.6 Å². The Labute approximate surface area is 119 Å². The summed E-state index contributed by atoms with van der Waals surface area (Å²) >= 11 is 0. The lowest BCUT2D eigenvalue weighted by Crippen LogP contribution is -2.52. The fourth-order valence-electron chi connectivity index (χ4n) is 3.11. The minimum Gasteiger partial charge on any atom is -0.497 e. The van der Waals surface area contributed by atoms with Gasteiger partial charge in [-0.15, -0.1) is 0 Å². The Morgan fingerprint density at radius 1 is 1.20 bits per heavy atom. The van der Waals surface area contributed by atoms with Gasteiger partial charge in [0.25, 0.3) is 0 Å². The summed E-state index contributed by atoms with van der Waals surface area (Å²) in [5.74, 6) is 1.77. The van der Waals surface area contributed by atoms with Crippen molar-refractivity contribution in [3.05, 3.63) is 29.8 Å². The Balaban J connectivity index is 1.45. The van der Waals surface area contributed by atoms with E-state index in [0.717, 1.165) is 18.7 Å². The normalized spacial score (nSPS) is 29.4. The second-order valence-electron chi connectivity index (χ2n) is 5.84. The molecule has 1 aromatic carbocycles. The summed E-state index contributed by atoms with van der Waals surface area (Å²) in [6.45, 7) is 0.780. The molecule has 4 nitrogen and oxygen atoms in total. The van der Waals surface area contributed by atoms with Crippen LogP contribution in [0.5, 0.6) is 5.75 Å². The fourth-order valence-corrected chi connectivity index (χ4v) is 3.11. The van der Waals surface area contributed by atoms with Gasteiger partial charge in [0.2, 0.25) is 5.91 Å². The van der Waals surface area contributed by atoms with Gasteiger partial charge < -0.3 is 15.4 Å². The number of amides is 1. The number of carbonyl (C=O) groups excluding carboxylic acids is 1. The molecule has 1 saturated carbocycles. The van der Waals surface area contributed by atoms with Crippen LogP contribution >= 0.6 is 0 Å². The third-order valence-corrected chi connectivity index (χ3v) is 4.46. The summed E-state index contributed by atoms with van der Waals surface area (Å²) in [6.07, 6.45) is 4.01. The molecule has 1 aliphatic carbocycles. The summed E-state index contributed by atoms with van der Waals surface area (Å²) < 4.78 is 5.18. The number of methoxy groups -OCH3 is 1. The number of nitrogens with one attached hydrogen (secondary N) is 2. The van der Waals surface area contributed by atoms with Crippen LogP contribution in [0.15, 0.2) is 24.3 Å². The van der Waals surface area contributed by atoms with Crippen LogP contribution in [0.3, 0.4) is 0 Å². The Morgan fingerprint density at radius 3 is 2.55 bits per heavy atom. The van der Waals surface area contributed by atoms with Crippen molar-refractivity contribution in [3.63, 3.8) is 0 Å². The number of carbonyl (C=O) groups is 1. The van der Waals surface area contributed by atoms with E-state index in [1.54, 1.807) is 7.11 Å². The van der Waals surface area contributed by atoms with Gasteiger partial charge in [0.15, 0.2) is 0 Å². The van der Waals surface area contributed by atoms with Crippen LogP contribution < -0.4 is 15.4 Å². The van der Waals surface area contributed by atoms with Crippen LogP contribution in [0, 0.1) is 0 Å². The SMILES string of the molecule is COc1ccc(C2CC(NC3CCC(=O)NC3)C2)cc1. The minimum atomic E-state index is 0.188. The molecular formula is C16H22N2O2. The average molecular weight is 274 g/mol. The third kappa shape index (κ3) is 2.96. The van der Waals surface area contributed by atoms with Crippen LogP contribution in [0.4, 0.5) is 0 Å². The van der Waals surface area contributed by atoms with Crippen molar-refractivity contribution in [2.45, 2.75) is 43.7 Å². The van der Waals surface area contributed by atoms with Gasteiger partial charge in [0, 0.05) is 25.0 Å². The molecule has 3 rings (SSSR count). The monoisotopic (exact) mass is 274 g/mol. The molecule has 1 aromatic rings. The quantitative estimate of drug-likeness (QED) is 0.880. The highest BCUT2D eigenvalue weighted by Crippen LogP contribution is 2.37. The number of benzene rings is 1. The molecule has 0 aromatic heterocycles. The van der Waals surface area contributed by atoms with Crippen molar-refractivity contribution in [2.75, 3.05) is 13.7 Å². The third-order valence-electron chi connectivity index (χ3n) is 4.46. The van der Waals surface area contributed by atoms with E-state index in [2.05, 4.69) is 22.8 Å². The molecule has 1 heterocycles. The maximum atomic E-state index is 11.1. The molecule has 0 radical (unpaired) electrons. The van der Waals surface area contributed by atoms with E-state index >= 15 is 0 Å². The molecule has 1 saturated heterocycles. The molecular weight excluding hydrogens is 252 g/mol. The molecule has 2 N–H and O–H groups in total. The van der Waals surface area contributed by atoms with Crippen LogP contribution in [0.1, 0.15) is 37.2 Å². The minimum absolute atomic E-state index is 0.188.